The van der Waals surface area contributed by atoms with Crippen LogP contribution in [0.25, 0.3) is 0 Å². The topological polar surface area (TPSA) is 49.4 Å². The molecule has 0 atom stereocenters. The Labute approximate surface area is 104 Å². The van der Waals surface area contributed by atoms with E-state index in [-0.39, 0.29) is 24.3 Å². The molecule has 1 fully saturated rings. The Morgan fingerprint density at radius 1 is 1.18 bits per heavy atom. The van der Waals surface area contributed by atoms with Crippen LogP contribution in [-0.4, -0.2) is 36.3 Å². The Morgan fingerprint density at radius 3 is 2.18 bits per heavy atom. The van der Waals surface area contributed by atoms with Gasteiger partial charge in [-0.05, 0) is 25.7 Å². The molecule has 4 heteroatoms. The van der Waals surface area contributed by atoms with Gasteiger partial charge < -0.3 is 10.2 Å². The lowest BCUT2D eigenvalue weighted by atomic mass is 9.85. The van der Waals surface area contributed by atoms with Crippen LogP contribution in [0.4, 0.5) is 0 Å². The number of hydrogen-bond donors (Lipinski definition) is 1. The molecule has 0 heterocycles. The van der Waals surface area contributed by atoms with E-state index in [4.69, 9.17) is 0 Å². The number of carbonyl (C=O) groups is 2. The molecule has 0 aromatic carbocycles. The van der Waals surface area contributed by atoms with E-state index in [0.29, 0.717) is 0 Å². The molecule has 0 spiro atoms. The summed E-state index contributed by atoms with van der Waals surface area (Å²) in [6, 6.07) is 0. The van der Waals surface area contributed by atoms with Crippen molar-refractivity contribution in [1.29, 1.82) is 0 Å². The number of nitrogens with zero attached hydrogens (tertiary/aromatic N) is 1. The second-order valence-electron chi connectivity index (χ2n) is 4.73. The maximum absolute atomic E-state index is 11.9. The molecule has 1 aliphatic rings. The van der Waals surface area contributed by atoms with Gasteiger partial charge in [0, 0.05) is 19.0 Å². The summed E-state index contributed by atoms with van der Waals surface area (Å²) in [4.78, 5) is 25.3. The zero-order valence-corrected chi connectivity index (χ0v) is 11.0. The van der Waals surface area contributed by atoms with Gasteiger partial charge in [0.1, 0.15) is 0 Å². The van der Waals surface area contributed by atoms with E-state index in [9.17, 15) is 9.59 Å². The minimum Gasteiger partial charge on any atom is -0.347 e. The van der Waals surface area contributed by atoms with Gasteiger partial charge in [0.2, 0.25) is 11.8 Å². The van der Waals surface area contributed by atoms with Gasteiger partial charge in [0.25, 0.3) is 0 Å². The van der Waals surface area contributed by atoms with Gasteiger partial charge in [-0.2, -0.15) is 0 Å². The fourth-order valence-electron chi connectivity index (χ4n) is 1.99. The van der Waals surface area contributed by atoms with Gasteiger partial charge in [-0.15, -0.1) is 0 Å². The van der Waals surface area contributed by atoms with E-state index in [0.717, 1.165) is 45.2 Å². The van der Waals surface area contributed by atoms with Crippen LogP contribution in [0.1, 0.15) is 46.0 Å². The standard InChI is InChI=1S/C13H24N2O2/c1-3-8-15(9-4-2)12(16)10-14-13(17)11-6-5-7-11/h11H,3-10H2,1-2H3,(H,14,17). The minimum absolute atomic E-state index is 0.0429. The van der Waals surface area contributed by atoms with Crippen LogP contribution in [0, 0.1) is 5.92 Å². The first-order valence-electron chi connectivity index (χ1n) is 6.74. The van der Waals surface area contributed by atoms with Gasteiger partial charge in [0.15, 0.2) is 0 Å². The van der Waals surface area contributed by atoms with E-state index < -0.39 is 0 Å². The summed E-state index contributed by atoms with van der Waals surface area (Å²) in [5.74, 6) is 0.257. The molecular weight excluding hydrogens is 216 g/mol. The van der Waals surface area contributed by atoms with Crippen molar-refractivity contribution in [2.75, 3.05) is 19.6 Å². The van der Waals surface area contributed by atoms with Gasteiger partial charge in [0.05, 0.1) is 6.54 Å². The third-order valence-electron chi connectivity index (χ3n) is 3.23. The van der Waals surface area contributed by atoms with Crippen LogP contribution in [0.3, 0.4) is 0 Å². The van der Waals surface area contributed by atoms with E-state index in [1.165, 1.54) is 0 Å². The van der Waals surface area contributed by atoms with Crippen molar-refractivity contribution in [2.24, 2.45) is 5.92 Å². The Kier molecular flexibility index (Phi) is 6.01. The molecule has 1 saturated carbocycles. The molecule has 0 bridgehead atoms. The van der Waals surface area contributed by atoms with Crippen molar-refractivity contribution in [2.45, 2.75) is 46.0 Å². The molecule has 0 unspecified atom stereocenters. The molecule has 1 aliphatic carbocycles. The maximum Gasteiger partial charge on any atom is 0.241 e. The van der Waals surface area contributed by atoms with Crippen molar-refractivity contribution < 1.29 is 9.59 Å². The Hall–Kier alpha value is -1.06. The fourth-order valence-corrected chi connectivity index (χ4v) is 1.99. The molecule has 0 radical (unpaired) electrons. The van der Waals surface area contributed by atoms with Crippen molar-refractivity contribution >= 4 is 11.8 Å². The predicted molar refractivity (Wildman–Crippen MR) is 67.5 cm³/mol. The number of carbonyl (C=O) groups excluding carboxylic acids is 2. The van der Waals surface area contributed by atoms with Crippen LogP contribution in [0.2, 0.25) is 0 Å². The molecule has 2 amide bonds. The lowest BCUT2D eigenvalue weighted by molar-refractivity contribution is -0.134. The molecular formula is C13H24N2O2. The van der Waals surface area contributed by atoms with Crippen LogP contribution in [-0.2, 0) is 9.59 Å². The lowest BCUT2D eigenvalue weighted by Crippen LogP contribution is -2.43. The van der Waals surface area contributed by atoms with Crippen molar-refractivity contribution in [1.82, 2.24) is 10.2 Å². The van der Waals surface area contributed by atoms with Crippen LogP contribution < -0.4 is 5.32 Å². The third kappa shape index (κ3) is 4.36. The number of hydrogen-bond acceptors (Lipinski definition) is 2. The largest absolute Gasteiger partial charge is 0.347 e. The summed E-state index contributed by atoms with van der Waals surface area (Å²) >= 11 is 0. The molecule has 0 saturated heterocycles. The first-order valence-corrected chi connectivity index (χ1v) is 6.74. The van der Waals surface area contributed by atoms with Crippen LogP contribution in [0.5, 0.6) is 0 Å². The van der Waals surface area contributed by atoms with E-state index in [2.05, 4.69) is 19.2 Å². The monoisotopic (exact) mass is 240 g/mol. The highest BCUT2D eigenvalue weighted by Gasteiger charge is 2.25. The molecule has 0 aromatic rings. The highest BCUT2D eigenvalue weighted by atomic mass is 16.2. The lowest BCUT2D eigenvalue weighted by Gasteiger charge is -2.25. The second kappa shape index (κ2) is 7.30. The molecule has 17 heavy (non-hydrogen) atoms. The smallest absolute Gasteiger partial charge is 0.241 e. The second-order valence-corrected chi connectivity index (χ2v) is 4.73. The summed E-state index contributed by atoms with van der Waals surface area (Å²) in [6.07, 6.45) is 5.02. The summed E-state index contributed by atoms with van der Waals surface area (Å²) in [5.41, 5.74) is 0. The van der Waals surface area contributed by atoms with Gasteiger partial charge in [-0.25, -0.2) is 0 Å². The zero-order valence-electron chi connectivity index (χ0n) is 11.0. The first kappa shape index (κ1) is 14.0. The van der Waals surface area contributed by atoms with Gasteiger partial charge in [-0.3, -0.25) is 9.59 Å². The Bertz CT molecular complexity index is 256. The van der Waals surface area contributed by atoms with E-state index >= 15 is 0 Å². The van der Waals surface area contributed by atoms with Gasteiger partial charge >= 0.3 is 0 Å². The normalized spacial score (nSPS) is 15.2. The van der Waals surface area contributed by atoms with Gasteiger partial charge in [-0.1, -0.05) is 20.3 Å². The molecule has 98 valence electrons. The third-order valence-corrected chi connectivity index (χ3v) is 3.23. The summed E-state index contributed by atoms with van der Waals surface area (Å²) in [6.45, 7) is 5.85. The zero-order chi connectivity index (χ0) is 12.7. The highest BCUT2D eigenvalue weighted by Crippen LogP contribution is 2.25. The Morgan fingerprint density at radius 2 is 1.76 bits per heavy atom. The SMILES string of the molecule is CCCN(CCC)C(=O)CNC(=O)C1CCC1. The molecule has 1 N–H and O–H groups in total. The molecule has 1 rings (SSSR count). The van der Waals surface area contributed by atoms with Crippen molar-refractivity contribution in [3.8, 4) is 0 Å². The van der Waals surface area contributed by atoms with Crippen molar-refractivity contribution in [3.63, 3.8) is 0 Å². The molecule has 0 aromatic heterocycles. The van der Waals surface area contributed by atoms with E-state index in [1.807, 2.05) is 4.90 Å². The quantitative estimate of drug-likeness (QED) is 0.734. The minimum atomic E-state index is 0.0429. The summed E-state index contributed by atoms with van der Waals surface area (Å²) in [5, 5.41) is 2.75. The van der Waals surface area contributed by atoms with Crippen LogP contribution in [0.15, 0.2) is 0 Å². The molecule has 0 aliphatic heterocycles. The van der Waals surface area contributed by atoms with Crippen LogP contribution >= 0.6 is 0 Å². The maximum atomic E-state index is 11.9. The average Bonchev–Trinajstić information content (AvgIpc) is 2.23. The fraction of sp³-hybridized carbons (Fsp3) is 0.846. The van der Waals surface area contributed by atoms with E-state index in [1.54, 1.807) is 0 Å². The molecule has 4 nitrogen and oxygen atoms in total. The highest BCUT2D eigenvalue weighted by molar-refractivity contribution is 5.86. The number of nitrogens with one attached hydrogen (secondary N) is 1. The Balaban J connectivity index is 2.27. The average molecular weight is 240 g/mol. The summed E-state index contributed by atoms with van der Waals surface area (Å²) in [7, 11) is 0. The summed E-state index contributed by atoms with van der Waals surface area (Å²) < 4.78 is 0. The number of rotatable bonds is 7. The van der Waals surface area contributed by atoms with Crippen molar-refractivity contribution in [3.05, 3.63) is 0 Å². The predicted octanol–water partition coefficient (Wildman–Crippen LogP) is 1.55. The first-order chi connectivity index (χ1) is 8.19. The number of amides is 2.